The van der Waals surface area contributed by atoms with Crippen molar-refractivity contribution in [2.24, 2.45) is 5.92 Å². The summed E-state index contributed by atoms with van der Waals surface area (Å²) in [5, 5.41) is 8.87. The summed E-state index contributed by atoms with van der Waals surface area (Å²) in [4.78, 5) is 13.1. The molecular formula is C12H11FN2O. The maximum atomic E-state index is 13.5. The Hall–Kier alpha value is -1.89. The fourth-order valence-corrected chi connectivity index (χ4v) is 2.02. The van der Waals surface area contributed by atoms with Crippen LogP contribution in [0.5, 0.6) is 0 Å². The molecule has 3 nitrogen and oxygen atoms in total. The molecule has 2 rings (SSSR count). The summed E-state index contributed by atoms with van der Waals surface area (Å²) in [7, 11) is 0. The van der Waals surface area contributed by atoms with Gasteiger partial charge in [-0.05, 0) is 19.1 Å². The molecule has 0 saturated carbocycles. The van der Waals surface area contributed by atoms with Crippen LogP contribution in [0.3, 0.4) is 0 Å². The Kier molecular flexibility index (Phi) is 2.61. The van der Waals surface area contributed by atoms with Crippen molar-refractivity contribution >= 4 is 11.6 Å². The molecule has 0 bridgehead atoms. The molecule has 16 heavy (non-hydrogen) atoms. The van der Waals surface area contributed by atoms with E-state index in [2.05, 4.69) is 6.07 Å². The fourth-order valence-electron chi connectivity index (χ4n) is 2.02. The molecule has 0 radical (unpaired) electrons. The minimum atomic E-state index is -0.429. The third-order valence-electron chi connectivity index (χ3n) is 2.93. The molecule has 0 aromatic heterocycles. The lowest BCUT2D eigenvalue weighted by Crippen LogP contribution is -2.33. The van der Waals surface area contributed by atoms with E-state index >= 15 is 0 Å². The quantitative estimate of drug-likeness (QED) is 0.724. The molecule has 2 atom stereocenters. The second-order valence-corrected chi connectivity index (χ2v) is 3.90. The van der Waals surface area contributed by atoms with Crippen LogP contribution in [-0.2, 0) is 4.79 Å². The van der Waals surface area contributed by atoms with Crippen molar-refractivity contribution in [3.63, 3.8) is 0 Å². The molecule has 1 saturated heterocycles. The maximum absolute atomic E-state index is 13.5. The number of carbonyl (C=O) groups is 1. The number of para-hydroxylation sites is 1. The first-order valence-corrected chi connectivity index (χ1v) is 5.11. The molecule has 1 aromatic carbocycles. The average Bonchev–Trinajstić information content (AvgIpc) is 2.55. The van der Waals surface area contributed by atoms with Gasteiger partial charge in [0.15, 0.2) is 0 Å². The van der Waals surface area contributed by atoms with Crippen LogP contribution in [0.1, 0.15) is 13.3 Å². The molecule has 0 N–H and O–H groups in total. The third-order valence-corrected chi connectivity index (χ3v) is 2.93. The summed E-state index contributed by atoms with van der Waals surface area (Å²) >= 11 is 0. The van der Waals surface area contributed by atoms with Gasteiger partial charge in [-0.15, -0.1) is 0 Å². The number of carbonyl (C=O) groups excluding carboxylic acids is 1. The minimum Gasteiger partial charge on any atom is -0.305 e. The highest BCUT2D eigenvalue weighted by atomic mass is 19.1. The maximum Gasteiger partial charge on any atom is 0.228 e. The van der Waals surface area contributed by atoms with Gasteiger partial charge in [0.1, 0.15) is 5.82 Å². The minimum absolute atomic E-state index is 0.173. The Labute approximate surface area is 93.1 Å². The van der Waals surface area contributed by atoms with Gasteiger partial charge in [-0.3, -0.25) is 4.79 Å². The third kappa shape index (κ3) is 1.54. The molecule has 1 aliphatic rings. The van der Waals surface area contributed by atoms with Crippen LogP contribution >= 0.6 is 0 Å². The van der Waals surface area contributed by atoms with E-state index in [-0.39, 0.29) is 30.0 Å². The first-order chi connectivity index (χ1) is 7.65. The second kappa shape index (κ2) is 3.93. The van der Waals surface area contributed by atoms with Gasteiger partial charge in [0.2, 0.25) is 5.91 Å². The standard InChI is InChI=1S/C12H11FN2O/c1-8-9(7-14)6-12(16)15(8)11-5-3-2-4-10(11)13/h2-5,8-9H,6H2,1H3. The Bertz CT molecular complexity index is 466. The van der Waals surface area contributed by atoms with Crippen LogP contribution in [0.25, 0.3) is 0 Å². The number of rotatable bonds is 1. The predicted molar refractivity (Wildman–Crippen MR) is 57.1 cm³/mol. The molecule has 1 amide bonds. The van der Waals surface area contributed by atoms with Crippen molar-refractivity contribution in [1.29, 1.82) is 5.26 Å². The van der Waals surface area contributed by atoms with Crippen molar-refractivity contribution in [2.45, 2.75) is 19.4 Å². The molecular weight excluding hydrogens is 207 g/mol. The Balaban J connectivity index is 2.39. The highest BCUT2D eigenvalue weighted by Gasteiger charge is 2.38. The number of nitriles is 1. The highest BCUT2D eigenvalue weighted by molar-refractivity contribution is 5.97. The molecule has 1 aromatic rings. The van der Waals surface area contributed by atoms with E-state index in [0.29, 0.717) is 0 Å². The second-order valence-electron chi connectivity index (χ2n) is 3.90. The Morgan fingerprint density at radius 2 is 2.19 bits per heavy atom. The lowest BCUT2D eigenvalue weighted by Gasteiger charge is -2.23. The van der Waals surface area contributed by atoms with Crippen molar-refractivity contribution in [2.75, 3.05) is 4.90 Å². The SMILES string of the molecule is CC1C(C#N)CC(=O)N1c1ccccc1F. The predicted octanol–water partition coefficient (Wildman–Crippen LogP) is 2.09. The van der Waals surface area contributed by atoms with Crippen LogP contribution in [0.2, 0.25) is 0 Å². The number of anilines is 1. The van der Waals surface area contributed by atoms with Gasteiger partial charge in [0.25, 0.3) is 0 Å². The van der Waals surface area contributed by atoms with Crippen molar-refractivity contribution in [1.82, 2.24) is 0 Å². The monoisotopic (exact) mass is 218 g/mol. The zero-order valence-corrected chi connectivity index (χ0v) is 8.85. The molecule has 1 heterocycles. The summed E-state index contributed by atoms with van der Waals surface area (Å²) in [6, 6.07) is 7.94. The van der Waals surface area contributed by atoms with E-state index in [1.54, 1.807) is 25.1 Å². The van der Waals surface area contributed by atoms with Crippen LogP contribution in [-0.4, -0.2) is 11.9 Å². The summed E-state index contributed by atoms with van der Waals surface area (Å²) in [5.41, 5.74) is 0.262. The van der Waals surface area contributed by atoms with E-state index in [0.717, 1.165) is 0 Å². The van der Waals surface area contributed by atoms with Gasteiger partial charge in [-0.1, -0.05) is 12.1 Å². The van der Waals surface area contributed by atoms with Gasteiger partial charge in [-0.25, -0.2) is 4.39 Å². The van der Waals surface area contributed by atoms with Gasteiger partial charge in [0, 0.05) is 6.42 Å². The lowest BCUT2D eigenvalue weighted by molar-refractivity contribution is -0.117. The van der Waals surface area contributed by atoms with Crippen molar-refractivity contribution in [3.05, 3.63) is 30.1 Å². The first-order valence-electron chi connectivity index (χ1n) is 5.11. The zero-order chi connectivity index (χ0) is 11.7. The number of hydrogen-bond acceptors (Lipinski definition) is 2. The van der Waals surface area contributed by atoms with Crippen LogP contribution in [0, 0.1) is 23.1 Å². The van der Waals surface area contributed by atoms with Gasteiger partial charge in [0.05, 0.1) is 23.7 Å². The van der Waals surface area contributed by atoms with Gasteiger partial charge >= 0.3 is 0 Å². The Morgan fingerprint density at radius 3 is 2.75 bits per heavy atom. The molecule has 0 spiro atoms. The molecule has 1 fully saturated rings. The van der Waals surface area contributed by atoms with Gasteiger partial charge < -0.3 is 4.90 Å². The lowest BCUT2D eigenvalue weighted by atomic mass is 10.0. The van der Waals surface area contributed by atoms with E-state index < -0.39 is 5.82 Å². The highest BCUT2D eigenvalue weighted by Crippen LogP contribution is 2.31. The number of amides is 1. The smallest absolute Gasteiger partial charge is 0.228 e. The van der Waals surface area contributed by atoms with Crippen LogP contribution in [0.4, 0.5) is 10.1 Å². The zero-order valence-electron chi connectivity index (χ0n) is 8.85. The van der Waals surface area contributed by atoms with Crippen LogP contribution < -0.4 is 4.90 Å². The molecule has 1 aliphatic heterocycles. The van der Waals surface area contributed by atoms with E-state index in [4.69, 9.17) is 5.26 Å². The van der Waals surface area contributed by atoms with Crippen molar-refractivity contribution < 1.29 is 9.18 Å². The molecule has 4 heteroatoms. The number of hydrogen-bond donors (Lipinski definition) is 0. The van der Waals surface area contributed by atoms with E-state index in [1.165, 1.54) is 11.0 Å². The molecule has 0 aliphatic carbocycles. The Morgan fingerprint density at radius 1 is 1.50 bits per heavy atom. The summed E-state index contributed by atoms with van der Waals surface area (Å²) < 4.78 is 13.5. The number of halogens is 1. The fraction of sp³-hybridized carbons (Fsp3) is 0.333. The average molecular weight is 218 g/mol. The largest absolute Gasteiger partial charge is 0.305 e. The normalized spacial score (nSPS) is 24.6. The van der Waals surface area contributed by atoms with E-state index in [9.17, 15) is 9.18 Å². The molecule has 2 unspecified atom stereocenters. The molecule has 82 valence electrons. The topological polar surface area (TPSA) is 44.1 Å². The number of benzene rings is 1. The van der Waals surface area contributed by atoms with Crippen LogP contribution in [0.15, 0.2) is 24.3 Å². The number of nitrogens with zero attached hydrogens (tertiary/aromatic N) is 2. The van der Waals surface area contributed by atoms with Crippen molar-refractivity contribution in [3.8, 4) is 6.07 Å². The van der Waals surface area contributed by atoms with E-state index in [1.807, 2.05) is 0 Å². The summed E-state index contributed by atoms with van der Waals surface area (Å²) in [6.07, 6.45) is 0.173. The first kappa shape index (κ1) is 10.6. The summed E-state index contributed by atoms with van der Waals surface area (Å²) in [6.45, 7) is 1.77. The van der Waals surface area contributed by atoms with Gasteiger partial charge in [-0.2, -0.15) is 5.26 Å². The summed E-state index contributed by atoms with van der Waals surface area (Å²) in [5.74, 6) is -0.974.